The second kappa shape index (κ2) is 11.7. The van der Waals surface area contributed by atoms with Gasteiger partial charge in [0, 0.05) is 26.0 Å². The molecule has 0 saturated carbocycles. The molecule has 256 valence electrons. The highest BCUT2D eigenvalue weighted by molar-refractivity contribution is 9.10. The molecule has 3 heteroatoms. The molecule has 12 rings (SSSR count). The van der Waals surface area contributed by atoms with Crippen molar-refractivity contribution in [2.45, 2.75) is 0 Å². The third-order valence-electron chi connectivity index (χ3n) is 11.5. The Labute approximate surface area is 324 Å². The van der Waals surface area contributed by atoms with Crippen LogP contribution in [0.1, 0.15) is 0 Å². The van der Waals surface area contributed by atoms with Crippen molar-refractivity contribution < 1.29 is 8.83 Å². The Bertz CT molecular complexity index is 3510. The number of rotatable bonds is 3. The van der Waals surface area contributed by atoms with Gasteiger partial charge in [-0.2, -0.15) is 0 Å². The van der Waals surface area contributed by atoms with Gasteiger partial charge in [0.25, 0.3) is 0 Å². The smallest absolute Gasteiger partial charge is 0.136 e. The molecular formula is C52H29BrO2. The zero-order chi connectivity index (χ0) is 36.2. The Hall–Kier alpha value is -6.68. The molecule has 2 heterocycles. The first-order valence-corrected chi connectivity index (χ1v) is 19.4. The number of hydrogen-bond acceptors (Lipinski definition) is 2. The predicted molar refractivity (Wildman–Crippen MR) is 235 cm³/mol. The Morgan fingerprint density at radius 2 is 0.727 bits per heavy atom. The summed E-state index contributed by atoms with van der Waals surface area (Å²) in [6.45, 7) is 0. The number of furan rings is 2. The third kappa shape index (κ3) is 4.54. The summed E-state index contributed by atoms with van der Waals surface area (Å²) in [7, 11) is 0. The van der Waals surface area contributed by atoms with Crippen LogP contribution in [0.2, 0.25) is 0 Å². The first-order valence-electron chi connectivity index (χ1n) is 18.6. The molecule has 0 aliphatic heterocycles. The molecule has 12 aromatic rings. The van der Waals surface area contributed by atoms with Crippen LogP contribution in [0.5, 0.6) is 0 Å². The van der Waals surface area contributed by atoms with Crippen LogP contribution in [0, 0.1) is 0 Å². The number of fused-ring (bicyclic) bond motifs is 10. The average molecular weight is 766 g/mol. The summed E-state index contributed by atoms with van der Waals surface area (Å²) >= 11 is 3.91. The zero-order valence-electron chi connectivity index (χ0n) is 29.4. The molecule has 2 aromatic heterocycles. The van der Waals surface area contributed by atoms with Gasteiger partial charge in [0.05, 0.1) is 0 Å². The van der Waals surface area contributed by atoms with Gasteiger partial charge < -0.3 is 8.83 Å². The van der Waals surface area contributed by atoms with E-state index in [1.54, 1.807) is 0 Å². The summed E-state index contributed by atoms with van der Waals surface area (Å²) in [6.07, 6.45) is 0. The van der Waals surface area contributed by atoms with Crippen LogP contribution < -0.4 is 0 Å². The van der Waals surface area contributed by atoms with Gasteiger partial charge in [-0.25, -0.2) is 0 Å². The fourth-order valence-corrected chi connectivity index (χ4v) is 9.71. The molecule has 55 heavy (non-hydrogen) atoms. The van der Waals surface area contributed by atoms with Crippen molar-refractivity contribution in [1.29, 1.82) is 0 Å². The van der Waals surface area contributed by atoms with Crippen molar-refractivity contribution in [2.75, 3.05) is 0 Å². The van der Waals surface area contributed by atoms with Crippen molar-refractivity contribution in [3.63, 3.8) is 0 Å². The Morgan fingerprint density at radius 3 is 1.38 bits per heavy atom. The summed E-state index contributed by atoms with van der Waals surface area (Å²) in [5.41, 5.74) is 10.6. The summed E-state index contributed by atoms with van der Waals surface area (Å²) < 4.78 is 14.2. The number of halogens is 1. The maximum absolute atomic E-state index is 6.75. The summed E-state index contributed by atoms with van der Waals surface area (Å²) in [6, 6.07) is 63.2. The molecule has 0 amide bonds. The van der Waals surface area contributed by atoms with Crippen molar-refractivity contribution >= 4 is 103 Å². The van der Waals surface area contributed by atoms with Gasteiger partial charge in [0.15, 0.2) is 0 Å². The van der Waals surface area contributed by atoms with E-state index in [0.717, 1.165) is 65.0 Å². The van der Waals surface area contributed by atoms with Gasteiger partial charge in [-0.1, -0.05) is 127 Å². The van der Waals surface area contributed by atoms with E-state index in [4.69, 9.17) is 8.83 Å². The Kier molecular flexibility index (Phi) is 6.52. The molecule has 0 aliphatic rings. The van der Waals surface area contributed by atoms with Gasteiger partial charge in [-0.15, -0.1) is 0 Å². The minimum absolute atomic E-state index is 0.878. The average Bonchev–Trinajstić information content (AvgIpc) is 3.80. The van der Waals surface area contributed by atoms with E-state index in [1.165, 1.54) is 59.8 Å². The largest absolute Gasteiger partial charge is 0.456 e. The molecular weight excluding hydrogens is 736 g/mol. The van der Waals surface area contributed by atoms with Crippen molar-refractivity contribution in [3.8, 4) is 33.4 Å². The van der Waals surface area contributed by atoms with Gasteiger partial charge in [0.1, 0.15) is 22.3 Å². The standard InChI is InChI=1S/C52H29BrO2/c53-52-43-15-5-3-13-40(43)51(41-14-4-6-16-44(41)52)33-22-25-39-38-23-20-31(27-47(38)55-49(39)29-33)34-17-9-18-42-45(34)26-30-10-1-2-11-35(30)50(42)32-21-24-37-36-12-7-8-19-46(36)54-48(37)28-32/h1-29H. The fraction of sp³-hybridized carbons (Fsp3) is 0. The summed E-state index contributed by atoms with van der Waals surface area (Å²) in [5.74, 6) is 0. The van der Waals surface area contributed by atoms with Crippen LogP contribution in [0.15, 0.2) is 189 Å². The Morgan fingerprint density at radius 1 is 0.291 bits per heavy atom. The minimum atomic E-state index is 0.878. The lowest BCUT2D eigenvalue weighted by atomic mass is 9.88. The highest BCUT2D eigenvalue weighted by Gasteiger charge is 2.18. The van der Waals surface area contributed by atoms with E-state index in [-0.39, 0.29) is 0 Å². The lowest BCUT2D eigenvalue weighted by Crippen LogP contribution is -1.88. The molecule has 10 aromatic carbocycles. The van der Waals surface area contributed by atoms with E-state index in [1.807, 2.05) is 12.1 Å². The van der Waals surface area contributed by atoms with E-state index < -0.39 is 0 Å². The van der Waals surface area contributed by atoms with Gasteiger partial charge in [-0.3, -0.25) is 0 Å². The summed E-state index contributed by atoms with van der Waals surface area (Å²) in [5, 5.41) is 14.2. The van der Waals surface area contributed by atoms with Gasteiger partial charge in [0.2, 0.25) is 0 Å². The van der Waals surface area contributed by atoms with Crippen LogP contribution in [0.3, 0.4) is 0 Å². The van der Waals surface area contributed by atoms with E-state index in [9.17, 15) is 0 Å². The summed E-state index contributed by atoms with van der Waals surface area (Å²) in [4.78, 5) is 0. The SMILES string of the molecule is Brc1c2ccccc2c(-c2ccc3c(c2)oc2cc(-c4cccc5c(-c6ccc7c(c6)oc6ccccc67)c6ccccc6cc45)ccc23)c2ccccc12. The van der Waals surface area contributed by atoms with E-state index >= 15 is 0 Å². The highest BCUT2D eigenvalue weighted by Crippen LogP contribution is 2.45. The molecule has 0 spiro atoms. The molecule has 0 unspecified atom stereocenters. The second-order valence-corrected chi connectivity index (χ2v) is 15.3. The first kappa shape index (κ1) is 30.7. The number of para-hydroxylation sites is 1. The quantitative estimate of drug-likeness (QED) is 0.167. The lowest BCUT2D eigenvalue weighted by molar-refractivity contribution is 0.669. The van der Waals surface area contributed by atoms with Crippen molar-refractivity contribution in [1.82, 2.24) is 0 Å². The fourth-order valence-electron chi connectivity index (χ4n) is 9.02. The molecule has 0 N–H and O–H groups in total. The second-order valence-electron chi connectivity index (χ2n) is 14.5. The maximum Gasteiger partial charge on any atom is 0.136 e. The van der Waals surface area contributed by atoms with Crippen molar-refractivity contribution in [2.24, 2.45) is 0 Å². The molecule has 2 nitrogen and oxygen atoms in total. The Balaban J connectivity index is 1.03. The van der Waals surface area contributed by atoms with Gasteiger partial charge >= 0.3 is 0 Å². The molecule has 0 aliphatic carbocycles. The van der Waals surface area contributed by atoms with Crippen LogP contribution >= 0.6 is 15.9 Å². The number of benzene rings is 10. The minimum Gasteiger partial charge on any atom is -0.456 e. The van der Waals surface area contributed by atoms with Gasteiger partial charge in [-0.05, 0) is 141 Å². The third-order valence-corrected chi connectivity index (χ3v) is 12.4. The molecule has 0 bridgehead atoms. The van der Waals surface area contributed by atoms with Crippen molar-refractivity contribution in [3.05, 3.63) is 180 Å². The molecule has 0 radical (unpaired) electrons. The first-order chi connectivity index (χ1) is 27.2. The maximum atomic E-state index is 6.75. The predicted octanol–water partition coefficient (Wildman–Crippen LogP) is 15.9. The monoisotopic (exact) mass is 764 g/mol. The number of hydrogen-bond donors (Lipinski definition) is 0. The molecule has 0 saturated heterocycles. The van der Waals surface area contributed by atoms with Crippen LogP contribution in [0.25, 0.3) is 120 Å². The van der Waals surface area contributed by atoms with Crippen LogP contribution in [-0.4, -0.2) is 0 Å². The van der Waals surface area contributed by atoms with Crippen LogP contribution in [0.4, 0.5) is 0 Å². The normalized spacial score (nSPS) is 12.1. The molecule has 0 atom stereocenters. The lowest BCUT2D eigenvalue weighted by Gasteiger charge is -2.15. The van der Waals surface area contributed by atoms with Crippen LogP contribution in [-0.2, 0) is 0 Å². The van der Waals surface area contributed by atoms with E-state index in [0.29, 0.717) is 0 Å². The van der Waals surface area contributed by atoms with E-state index in [2.05, 4.69) is 180 Å². The molecule has 0 fully saturated rings. The topological polar surface area (TPSA) is 26.3 Å². The highest BCUT2D eigenvalue weighted by atomic mass is 79.9. The zero-order valence-corrected chi connectivity index (χ0v) is 31.0.